The second-order valence-electron chi connectivity index (χ2n) is 4.61. The largest absolute Gasteiger partial charge is 0.481 e. The minimum Gasteiger partial charge on any atom is -0.387 e. The van der Waals surface area contributed by atoms with Crippen molar-refractivity contribution in [1.29, 1.82) is 0 Å². The van der Waals surface area contributed by atoms with E-state index in [9.17, 15) is 19.8 Å². The first-order chi connectivity index (χ1) is 10.0. The van der Waals surface area contributed by atoms with E-state index in [2.05, 4.69) is 9.97 Å². The summed E-state index contributed by atoms with van der Waals surface area (Å²) < 4.78 is 5.01. The number of primary amides is 1. The number of hydrogen-bond acceptors (Lipinski definition) is 10. The van der Waals surface area contributed by atoms with Crippen LogP contribution in [0.15, 0.2) is 0 Å². The van der Waals surface area contributed by atoms with Crippen LogP contribution in [0.4, 0.5) is 5.82 Å². The second-order valence-corrected chi connectivity index (χ2v) is 6.19. The predicted octanol–water partition coefficient (Wildman–Crippen LogP) is -3.48. The molecule has 0 radical (unpaired) electrons. The molecule has 1 fully saturated rings. The fourth-order valence-corrected chi connectivity index (χ4v) is 2.56. The number of ether oxygens (including phenoxy) is 1. The number of aliphatic hydroxyl groups is 2. The molecule has 1 aliphatic rings. The average Bonchev–Trinajstić information content (AvgIpc) is 2.90. The zero-order valence-electron chi connectivity index (χ0n) is 10.8. The lowest BCUT2D eigenvalue weighted by Gasteiger charge is -2.11. The third-order valence-corrected chi connectivity index (χ3v) is 3.91. The fraction of sp³-hybridized carbons (Fsp3) is 0.444. The molecule has 12 nitrogen and oxygen atoms in total. The van der Waals surface area contributed by atoms with Gasteiger partial charge in [-0.05, 0) is 0 Å². The number of hydrogen-bond donors (Lipinski definition) is 8. The van der Waals surface area contributed by atoms with Crippen LogP contribution in [0.2, 0.25) is 0 Å². The minimum absolute atomic E-state index is 0.203. The quantitative estimate of drug-likeness (QED) is 0.253. The Bertz CT molecular complexity index is 613. The molecule has 122 valence electrons. The molecule has 0 aromatic carbocycles. The number of aromatic amines is 1. The van der Waals surface area contributed by atoms with Gasteiger partial charge in [-0.1, -0.05) is 0 Å². The highest BCUT2D eigenvalue weighted by molar-refractivity contribution is 7.76. The van der Waals surface area contributed by atoms with E-state index in [4.69, 9.17) is 30.9 Å². The normalized spacial score (nSPS) is 28.8. The SMILES string of the molecule is NC(=O)c1[nH]c(C2O[C@H](C(=O)[P+](O)(O)O)[C@@H](O)[C@H]2O)nc1N. The van der Waals surface area contributed by atoms with E-state index >= 15 is 0 Å². The van der Waals surface area contributed by atoms with Gasteiger partial charge in [0, 0.05) is 0 Å². The number of rotatable bonds is 4. The number of nitrogens with one attached hydrogen (secondary N) is 1. The van der Waals surface area contributed by atoms with Crippen molar-refractivity contribution in [3.8, 4) is 0 Å². The Morgan fingerprint density at radius 1 is 1.23 bits per heavy atom. The summed E-state index contributed by atoms with van der Waals surface area (Å²) in [6.07, 6.45) is -6.87. The van der Waals surface area contributed by atoms with Gasteiger partial charge in [-0.15, -0.1) is 0 Å². The summed E-state index contributed by atoms with van der Waals surface area (Å²) in [6, 6.07) is 0. The second kappa shape index (κ2) is 5.52. The van der Waals surface area contributed by atoms with Crippen LogP contribution in [0.5, 0.6) is 0 Å². The van der Waals surface area contributed by atoms with Gasteiger partial charge in [0.2, 0.25) is 0 Å². The zero-order valence-corrected chi connectivity index (χ0v) is 11.7. The molecule has 0 bridgehead atoms. The molecule has 0 spiro atoms. The Kier molecular flexibility index (Phi) is 4.19. The van der Waals surface area contributed by atoms with Gasteiger partial charge in [0.1, 0.15) is 29.8 Å². The molecule has 1 amide bonds. The highest BCUT2D eigenvalue weighted by atomic mass is 31.2. The molecule has 1 saturated heterocycles. The highest BCUT2D eigenvalue weighted by Gasteiger charge is 2.58. The van der Waals surface area contributed by atoms with Crippen LogP contribution in [0, 0.1) is 0 Å². The van der Waals surface area contributed by atoms with Crippen LogP contribution in [0.25, 0.3) is 0 Å². The first-order valence-electron chi connectivity index (χ1n) is 5.82. The lowest BCUT2D eigenvalue weighted by Crippen LogP contribution is -2.36. The van der Waals surface area contributed by atoms with Crippen LogP contribution in [0.3, 0.4) is 0 Å². The maximum absolute atomic E-state index is 11.6. The molecule has 1 aromatic rings. The maximum Gasteiger partial charge on any atom is 0.481 e. The third-order valence-electron chi connectivity index (χ3n) is 3.07. The lowest BCUT2D eigenvalue weighted by atomic mass is 10.1. The van der Waals surface area contributed by atoms with E-state index in [0.717, 1.165) is 0 Å². The van der Waals surface area contributed by atoms with E-state index in [1.807, 2.05) is 0 Å². The van der Waals surface area contributed by atoms with Gasteiger partial charge in [-0.3, -0.25) is 4.79 Å². The predicted molar refractivity (Wildman–Crippen MR) is 69.7 cm³/mol. The number of aromatic nitrogens is 2. The number of nitrogens with two attached hydrogens (primary N) is 2. The molecule has 4 atom stereocenters. The van der Waals surface area contributed by atoms with Gasteiger partial charge >= 0.3 is 13.5 Å². The maximum atomic E-state index is 11.6. The van der Waals surface area contributed by atoms with Crippen LogP contribution in [0.1, 0.15) is 22.4 Å². The number of H-pyrrole nitrogens is 1. The lowest BCUT2D eigenvalue weighted by molar-refractivity contribution is -0.128. The molecule has 1 aliphatic heterocycles. The van der Waals surface area contributed by atoms with Gasteiger partial charge in [0.25, 0.3) is 5.91 Å². The number of anilines is 1. The first kappa shape index (κ1) is 16.7. The summed E-state index contributed by atoms with van der Waals surface area (Å²) in [5.41, 5.74) is 8.63. The molecule has 1 unspecified atom stereocenters. The first-order valence-corrected chi connectivity index (χ1v) is 7.47. The van der Waals surface area contributed by atoms with Gasteiger partial charge in [-0.25, -0.2) is 9.78 Å². The van der Waals surface area contributed by atoms with Gasteiger partial charge in [0.15, 0.2) is 11.9 Å². The summed E-state index contributed by atoms with van der Waals surface area (Å²) >= 11 is 0. The molecule has 0 saturated carbocycles. The van der Waals surface area contributed by atoms with Gasteiger partial charge < -0.3 is 31.4 Å². The molecular weight excluding hydrogens is 323 g/mol. The van der Waals surface area contributed by atoms with Crippen LogP contribution >= 0.6 is 7.94 Å². The van der Waals surface area contributed by atoms with Crippen LogP contribution in [-0.2, 0) is 9.53 Å². The molecule has 13 heteroatoms. The summed E-state index contributed by atoms with van der Waals surface area (Å²) in [7, 11) is -4.92. The minimum atomic E-state index is -4.92. The Labute approximate surface area is 122 Å². The van der Waals surface area contributed by atoms with Crippen LogP contribution in [-0.4, -0.2) is 64.6 Å². The molecule has 22 heavy (non-hydrogen) atoms. The number of amides is 1. The Balaban J connectivity index is 2.29. The smallest absolute Gasteiger partial charge is 0.387 e. The topological polar surface area (TPSA) is 225 Å². The number of carbonyl (C=O) groups excluding carboxylic acids is 2. The number of nitrogens with zero attached hydrogens (tertiary/aromatic N) is 1. The van der Waals surface area contributed by atoms with Crippen molar-refractivity contribution in [1.82, 2.24) is 9.97 Å². The average molecular weight is 337 g/mol. The van der Waals surface area contributed by atoms with Crippen LogP contribution < -0.4 is 11.5 Å². The van der Waals surface area contributed by atoms with E-state index < -0.39 is 43.8 Å². The molecule has 10 N–H and O–H groups in total. The standard InChI is InChI=1S/C9H13N4O8P/c10-6-1(7(11)16)12-8(13-6)4-2(14)3(15)5(21-4)9(17)22(18,19)20/h2-5,14-15,18-20H,(H4-,10,11,12,13,16)/p+1/t2-,3+,4?,5+/m1/s1. The van der Waals surface area contributed by atoms with E-state index in [1.165, 1.54) is 0 Å². The van der Waals surface area contributed by atoms with Gasteiger partial charge in [-0.2, -0.15) is 14.7 Å². The van der Waals surface area contributed by atoms with E-state index in [0.29, 0.717) is 0 Å². The summed E-state index contributed by atoms with van der Waals surface area (Å²) in [6.45, 7) is 0. The number of aliphatic hydroxyl groups excluding tert-OH is 2. The van der Waals surface area contributed by atoms with Crippen molar-refractivity contribution >= 4 is 25.2 Å². The Morgan fingerprint density at radius 2 is 1.82 bits per heavy atom. The highest BCUT2D eigenvalue weighted by Crippen LogP contribution is 2.50. The molecule has 1 aromatic heterocycles. The van der Waals surface area contributed by atoms with Crippen molar-refractivity contribution in [2.75, 3.05) is 5.73 Å². The molecule has 2 heterocycles. The molecule has 2 rings (SSSR count). The van der Waals surface area contributed by atoms with Gasteiger partial charge in [0.05, 0.1) is 0 Å². The fourth-order valence-electron chi connectivity index (χ4n) is 2.01. The number of imidazole rings is 1. The zero-order chi connectivity index (χ0) is 16.8. The molecular formula is C9H14N4O8P+. The number of nitrogen functional groups attached to an aromatic ring is 1. The summed E-state index contributed by atoms with van der Waals surface area (Å²) in [5.74, 6) is -1.41. The van der Waals surface area contributed by atoms with E-state index in [1.54, 1.807) is 0 Å². The Morgan fingerprint density at radius 3 is 2.27 bits per heavy atom. The monoisotopic (exact) mass is 337 g/mol. The van der Waals surface area contributed by atoms with Crippen molar-refractivity contribution in [2.45, 2.75) is 24.4 Å². The number of carbonyl (C=O) groups is 2. The van der Waals surface area contributed by atoms with Crippen molar-refractivity contribution < 1.29 is 39.2 Å². The third kappa shape index (κ3) is 2.80. The molecule has 0 aliphatic carbocycles. The van der Waals surface area contributed by atoms with Crippen molar-refractivity contribution in [2.24, 2.45) is 5.73 Å². The summed E-state index contributed by atoms with van der Waals surface area (Å²) in [4.78, 5) is 55.5. The van der Waals surface area contributed by atoms with E-state index in [-0.39, 0.29) is 17.3 Å². The Hall–Kier alpha value is -1.66. The van der Waals surface area contributed by atoms with Crippen molar-refractivity contribution in [3.05, 3.63) is 11.5 Å². The summed E-state index contributed by atoms with van der Waals surface area (Å²) in [5, 5.41) is 19.6. The van der Waals surface area contributed by atoms with Crippen molar-refractivity contribution in [3.63, 3.8) is 0 Å².